The fraction of sp³-hybridized carbons (Fsp3) is 0.464. The van der Waals surface area contributed by atoms with Crippen LogP contribution >= 0.6 is 95.9 Å². The minimum Gasteiger partial charge on any atom is -0.495 e. The number of hydrogen-bond donors (Lipinski definition) is 5. The van der Waals surface area contributed by atoms with Gasteiger partial charge in [0.1, 0.15) is 45.9 Å². The number of aryl methyl sites for hydroxylation is 1. The van der Waals surface area contributed by atoms with E-state index in [0.717, 1.165) is 0 Å². The Morgan fingerprint density at radius 2 is 0.814 bits per heavy atom. The van der Waals surface area contributed by atoms with Gasteiger partial charge in [-0.25, -0.2) is 4.79 Å². The molecule has 0 aromatic heterocycles. The van der Waals surface area contributed by atoms with E-state index in [2.05, 4.69) is 31.5 Å². The summed E-state index contributed by atoms with van der Waals surface area (Å²) in [5.74, 6) is -0.878. The van der Waals surface area contributed by atoms with Crippen LogP contribution in [0.5, 0.6) is 23.0 Å². The lowest BCUT2D eigenvalue weighted by molar-refractivity contribution is 0.0524. The summed E-state index contributed by atoms with van der Waals surface area (Å²) in [6.07, 6.45) is 1.35. The lowest BCUT2D eigenvalue weighted by Gasteiger charge is -2.36. The van der Waals surface area contributed by atoms with Gasteiger partial charge in [-0.2, -0.15) is 0 Å². The number of amides is 9. The van der Waals surface area contributed by atoms with Crippen molar-refractivity contribution in [1.29, 1.82) is 0 Å². The van der Waals surface area contributed by atoms with Gasteiger partial charge in [-0.3, -0.25) is 67.8 Å². The third kappa shape index (κ3) is 20.6. The molecule has 548 valence electrons. The highest BCUT2D eigenvalue weighted by molar-refractivity contribution is 8.24. The fourth-order valence-corrected chi connectivity index (χ4v) is 16.7. The summed E-state index contributed by atoms with van der Waals surface area (Å²) >= 11 is 27.5. The molecule has 25 nitrogen and oxygen atoms in total. The summed E-state index contributed by atoms with van der Waals surface area (Å²) in [7, 11) is 5.55. The lowest BCUT2D eigenvalue weighted by atomic mass is 9.98. The Morgan fingerprint density at radius 3 is 1.16 bits per heavy atom. The van der Waals surface area contributed by atoms with E-state index in [0.29, 0.717) is 97.7 Å². The van der Waals surface area contributed by atoms with Gasteiger partial charge < -0.3 is 50.3 Å². The summed E-state index contributed by atoms with van der Waals surface area (Å²) in [4.78, 5) is 137. The monoisotopic (exact) mass is 1550 g/mol. The maximum Gasteiger partial charge on any atom is 0.407 e. The first kappa shape index (κ1) is 80.5. The van der Waals surface area contributed by atoms with Gasteiger partial charge in [-0.1, -0.05) is 134 Å². The average molecular weight is 1550 g/mol. The quantitative estimate of drug-likeness (QED) is 0.0224. The van der Waals surface area contributed by atoms with E-state index in [4.69, 9.17) is 72.6 Å². The van der Waals surface area contributed by atoms with Crippen molar-refractivity contribution in [3.8, 4) is 23.0 Å². The van der Waals surface area contributed by atoms with Crippen molar-refractivity contribution in [3.05, 3.63) is 117 Å². The van der Waals surface area contributed by atoms with Crippen LogP contribution in [0, 0.1) is 0 Å². The minimum atomic E-state index is -0.743. The third-order valence-electron chi connectivity index (χ3n) is 16.8. The van der Waals surface area contributed by atoms with Crippen LogP contribution in [0.4, 0.5) is 4.79 Å². The van der Waals surface area contributed by atoms with Gasteiger partial charge >= 0.3 is 6.09 Å². The zero-order chi connectivity index (χ0) is 73.8. The number of ether oxygens (including phenoxy) is 5. The Balaban J connectivity index is 1.12. The van der Waals surface area contributed by atoms with Crippen LogP contribution in [0.1, 0.15) is 135 Å². The number of benzene rings is 4. The van der Waals surface area contributed by atoms with Crippen LogP contribution in [0.15, 0.2) is 66.7 Å². The maximum absolute atomic E-state index is 14.6. The summed E-state index contributed by atoms with van der Waals surface area (Å²) < 4.78 is 30.4. The van der Waals surface area contributed by atoms with E-state index in [1.165, 1.54) is 95.1 Å². The molecule has 8 rings (SSSR count). The van der Waals surface area contributed by atoms with Crippen LogP contribution in [-0.4, -0.2) is 255 Å². The zero-order valence-corrected chi connectivity index (χ0v) is 64.7. The SMILES string of the molecule is CCc1ccc(C(=O)NCCN(CCNC(=O)c2cccc(C(=O)N3CCSC3=S)c2OC)C(CCCCNC(=O)OC(C)(C)C)CN(CCNC(=O)c2cccc(C(=O)N3CCSC3=S)c2OC)CCNC(=O)c2cccc(C(=O)N3CCSC3=S)c2OC)c(OC)c1C(=O)N1CCSC1=S. The Kier molecular flexibility index (Phi) is 30.4. The molecule has 33 heteroatoms. The predicted octanol–water partition coefficient (Wildman–Crippen LogP) is 7.87. The van der Waals surface area contributed by atoms with E-state index in [9.17, 15) is 43.2 Å². The van der Waals surface area contributed by atoms with E-state index in [1.807, 2.05) is 11.8 Å². The maximum atomic E-state index is 14.6. The standard InChI is InChI=1S/C69H85N11O14S8/c1-9-42-22-23-47(55(93-8)51(42)63(88)80-36-40-102-68(80)98)59(84)73-28-32-76(31-27-72-58(83)46-18-14-21-50(54(46)92-7)62(87)79-35-39-101-67(79)97)43(15-10-11-24-74-64(89)94-69(2,3)4)41-75(29-25-70-56(81)44-16-12-19-48(52(44)90-5)60(85)77-33-37-99-65(77)95)30-26-71-57(82)45-17-13-20-49(53(45)91-6)61(86)78-34-38-100-66(78)96/h12-14,16-23,43H,9-11,15,24-41H2,1-8H3,(H,70,81)(H,71,82)(H,72,83)(H,73,84)(H,74,89). The molecule has 0 aliphatic carbocycles. The molecule has 102 heavy (non-hydrogen) atoms. The number of hydrogen-bond acceptors (Lipinski definition) is 24. The van der Waals surface area contributed by atoms with Gasteiger partial charge in [0.05, 0.1) is 72.9 Å². The first-order valence-electron chi connectivity index (χ1n) is 33.2. The van der Waals surface area contributed by atoms with Crippen molar-refractivity contribution in [3.63, 3.8) is 0 Å². The van der Waals surface area contributed by atoms with Crippen molar-refractivity contribution in [2.75, 3.05) is 143 Å². The first-order valence-corrected chi connectivity index (χ1v) is 38.7. The number of nitrogens with zero attached hydrogens (tertiary/aromatic N) is 6. The van der Waals surface area contributed by atoms with Gasteiger partial charge in [0, 0.05) is 121 Å². The molecule has 1 atom stereocenters. The Hall–Kier alpha value is -7.21. The number of carbonyl (C=O) groups excluding carboxylic acids is 9. The van der Waals surface area contributed by atoms with Crippen LogP contribution in [-0.2, 0) is 11.2 Å². The molecule has 9 amide bonds. The Morgan fingerprint density at radius 1 is 0.461 bits per heavy atom. The molecular weight excluding hydrogens is 1460 g/mol. The molecule has 4 aromatic carbocycles. The zero-order valence-electron chi connectivity index (χ0n) is 58.1. The molecule has 4 saturated heterocycles. The lowest BCUT2D eigenvalue weighted by Crippen LogP contribution is -2.51. The summed E-state index contributed by atoms with van der Waals surface area (Å²) in [6.45, 7) is 10.1. The molecule has 0 radical (unpaired) electrons. The molecule has 0 saturated carbocycles. The molecule has 4 aliphatic heterocycles. The van der Waals surface area contributed by atoms with Crippen molar-refractivity contribution < 1.29 is 66.8 Å². The molecule has 0 spiro atoms. The van der Waals surface area contributed by atoms with Gasteiger partial charge in [0.2, 0.25) is 0 Å². The second-order valence-electron chi connectivity index (χ2n) is 24.4. The number of nitrogens with one attached hydrogen (secondary N) is 5. The summed E-state index contributed by atoms with van der Waals surface area (Å²) in [6, 6.07) is 17.1. The topological polar surface area (TPSA) is 279 Å². The highest BCUT2D eigenvalue weighted by Crippen LogP contribution is 2.35. The fourth-order valence-electron chi connectivity index (χ4n) is 11.9. The Bertz CT molecular complexity index is 3750. The van der Waals surface area contributed by atoms with Crippen molar-refractivity contribution >= 4 is 167 Å². The number of alkyl carbamates (subject to hydrolysis) is 1. The van der Waals surface area contributed by atoms with Crippen molar-refractivity contribution in [2.24, 2.45) is 0 Å². The van der Waals surface area contributed by atoms with Crippen molar-refractivity contribution in [1.82, 2.24) is 56.0 Å². The number of para-hydroxylation sites is 3. The Labute approximate surface area is 632 Å². The van der Waals surface area contributed by atoms with E-state index >= 15 is 0 Å². The van der Waals surface area contributed by atoms with E-state index in [1.54, 1.807) is 87.5 Å². The normalized spacial score (nSPS) is 14.8. The molecular formula is C69H85N11O14S8. The van der Waals surface area contributed by atoms with Crippen LogP contribution in [0.3, 0.4) is 0 Å². The van der Waals surface area contributed by atoms with Gasteiger partial charge in [-0.05, 0) is 88.1 Å². The number of thiocarbonyl (C=S) groups is 4. The molecule has 4 aliphatic rings. The molecule has 1 unspecified atom stereocenters. The molecule has 5 N–H and O–H groups in total. The van der Waals surface area contributed by atoms with E-state index < -0.39 is 59.1 Å². The summed E-state index contributed by atoms with van der Waals surface area (Å²) in [5.41, 5.74) is 1.09. The van der Waals surface area contributed by atoms with Gasteiger partial charge in [0.25, 0.3) is 47.3 Å². The van der Waals surface area contributed by atoms with Crippen molar-refractivity contribution in [2.45, 2.75) is 65.0 Å². The summed E-state index contributed by atoms with van der Waals surface area (Å²) in [5, 5.41) is 15.0. The smallest absolute Gasteiger partial charge is 0.407 e. The van der Waals surface area contributed by atoms with Crippen LogP contribution in [0.25, 0.3) is 0 Å². The molecule has 4 fully saturated rings. The van der Waals surface area contributed by atoms with Gasteiger partial charge in [-0.15, -0.1) is 0 Å². The predicted molar refractivity (Wildman–Crippen MR) is 415 cm³/mol. The number of methoxy groups -OCH3 is 4. The molecule has 4 aromatic rings. The minimum absolute atomic E-state index is 0.0236. The van der Waals surface area contributed by atoms with E-state index in [-0.39, 0.29) is 139 Å². The number of thioether (sulfide) groups is 4. The molecule has 0 bridgehead atoms. The highest BCUT2D eigenvalue weighted by Gasteiger charge is 2.35. The highest BCUT2D eigenvalue weighted by atomic mass is 32.2. The number of rotatable bonds is 33. The second kappa shape index (κ2) is 38.5. The second-order valence-corrected chi connectivity index (χ2v) is 31.3. The molecule has 4 heterocycles. The first-order chi connectivity index (χ1) is 48.9. The largest absolute Gasteiger partial charge is 0.495 e. The van der Waals surface area contributed by atoms with Gasteiger partial charge in [0.15, 0.2) is 0 Å². The third-order valence-corrected chi connectivity index (χ3v) is 22.5. The van der Waals surface area contributed by atoms with Crippen LogP contribution < -0.4 is 45.5 Å². The number of carbonyl (C=O) groups is 9. The number of unbranched alkanes of at least 4 members (excludes halogenated alkanes) is 1. The van der Waals surface area contributed by atoms with Crippen LogP contribution in [0.2, 0.25) is 0 Å². The average Bonchev–Trinajstić information content (AvgIpc) is 1.26.